The average molecular weight is 348 g/mol. The summed E-state index contributed by atoms with van der Waals surface area (Å²) >= 11 is 0. The van der Waals surface area contributed by atoms with E-state index < -0.39 is 54.6 Å². The van der Waals surface area contributed by atoms with Gasteiger partial charge >= 0.3 is 23.9 Å². The topological polar surface area (TPSA) is 135 Å². The van der Waals surface area contributed by atoms with Crippen LogP contribution in [-0.4, -0.2) is 66.3 Å². The molecule has 1 heterocycles. The first-order chi connectivity index (χ1) is 11.1. The monoisotopic (exact) mass is 348 g/mol. The van der Waals surface area contributed by atoms with Crippen molar-refractivity contribution in [2.24, 2.45) is 0 Å². The van der Waals surface area contributed by atoms with Crippen LogP contribution in [0.3, 0.4) is 0 Å². The summed E-state index contributed by atoms with van der Waals surface area (Å²) in [5.41, 5.74) is 0. The molecule has 1 aliphatic rings. The zero-order valence-corrected chi connectivity index (χ0v) is 13.7. The van der Waals surface area contributed by atoms with Crippen molar-refractivity contribution in [2.75, 3.05) is 6.61 Å². The fraction of sp³-hybridized carbons (Fsp3) is 0.714. The third-order valence-electron chi connectivity index (χ3n) is 2.97. The Hall–Kier alpha value is -2.20. The zero-order chi connectivity index (χ0) is 18.4. The molecule has 24 heavy (non-hydrogen) atoms. The van der Waals surface area contributed by atoms with E-state index in [1.165, 1.54) is 0 Å². The van der Waals surface area contributed by atoms with Gasteiger partial charge in [0.2, 0.25) is 0 Å². The van der Waals surface area contributed by atoms with Crippen molar-refractivity contribution in [1.82, 2.24) is 0 Å². The maximum atomic E-state index is 11.3. The molecule has 1 aliphatic heterocycles. The van der Waals surface area contributed by atoms with E-state index in [0.29, 0.717) is 0 Å². The van der Waals surface area contributed by atoms with Crippen molar-refractivity contribution in [3.8, 4) is 0 Å². The van der Waals surface area contributed by atoms with Gasteiger partial charge in [0.05, 0.1) is 0 Å². The van der Waals surface area contributed by atoms with Crippen molar-refractivity contribution >= 4 is 23.9 Å². The van der Waals surface area contributed by atoms with Crippen LogP contribution in [0.5, 0.6) is 0 Å². The minimum Gasteiger partial charge on any atom is -0.463 e. The van der Waals surface area contributed by atoms with E-state index in [9.17, 15) is 24.3 Å². The number of esters is 4. The zero-order valence-electron chi connectivity index (χ0n) is 13.7. The minimum atomic E-state index is -1.68. The number of rotatable bonds is 5. The summed E-state index contributed by atoms with van der Waals surface area (Å²) in [6.45, 7) is 4.09. The first-order valence-electron chi connectivity index (χ1n) is 7.10. The van der Waals surface area contributed by atoms with Crippen LogP contribution in [0.15, 0.2) is 0 Å². The molecule has 0 aromatic heterocycles. The molecule has 1 N–H and O–H groups in total. The van der Waals surface area contributed by atoms with Crippen molar-refractivity contribution in [3.63, 3.8) is 0 Å². The Kier molecular flexibility index (Phi) is 7.11. The molecular weight excluding hydrogens is 328 g/mol. The molecule has 1 rings (SSSR count). The van der Waals surface area contributed by atoms with E-state index in [1.54, 1.807) is 0 Å². The van der Waals surface area contributed by atoms with Crippen LogP contribution in [0.4, 0.5) is 0 Å². The van der Waals surface area contributed by atoms with Crippen molar-refractivity contribution in [1.29, 1.82) is 0 Å². The molecular formula is C14H20O10. The van der Waals surface area contributed by atoms with Gasteiger partial charge in [-0.25, -0.2) is 0 Å². The quantitative estimate of drug-likeness (QED) is 0.490. The van der Waals surface area contributed by atoms with Crippen molar-refractivity contribution < 1.29 is 48.0 Å². The summed E-state index contributed by atoms with van der Waals surface area (Å²) in [5.74, 6) is -2.87. The van der Waals surface area contributed by atoms with Crippen LogP contribution in [0.1, 0.15) is 27.7 Å². The number of hydrogen-bond donors (Lipinski definition) is 1. The lowest BCUT2D eigenvalue weighted by Gasteiger charge is -2.42. The third-order valence-corrected chi connectivity index (χ3v) is 2.97. The molecule has 0 aromatic carbocycles. The molecule has 0 bridgehead atoms. The molecule has 0 radical (unpaired) electrons. The first kappa shape index (κ1) is 19.8. The predicted molar refractivity (Wildman–Crippen MR) is 74.2 cm³/mol. The van der Waals surface area contributed by atoms with Gasteiger partial charge in [0.1, 0.15) is 12.7 Å². The van der Waals surface area contributed by atoms with Crippen LogP contribution < -0.4 is 0 Å². The Morgan fingerprint density at radius 1 is 0.792 bits per heavy atom. The fourth-order valence-corrected chi connectivity index (χ4v) is 2.21. The Balaban J connectivity index is 3.11. The highest BCUT2D eigenvalue weighted by atomic mass is 16.7. The summed E-state index contributed by atoms with van der Waals surface area (Å²) in [6, 6.07) is 0. The molecule has 10 heteroatoms. The fourth-order valence-electron chi connectivity index (χ4n) is 2.21. The summed E-state index contributed by atoms with van der Waals surface area (Å²) in [6.07, 6.45) is -6.79. The highest BCUT2D eigenvalue weighted by Gasteiger charge is 2.51. The molecule has 0 aliphatic carbocycles. The molecule has 10 nitrogen and oxygen atoms in total. The summed E-state index contributed by atoms with van der Waals surface area (Å²) in [5, 5.41) is 10.0. The normalized spacial score (nSPS) is 29.3. The second kappa shape index (κ2) is 8.60. The summed E-state index contributed by atoms with van der Waals surface area (Å²) in [4.78, 5) is 44.9. The lowest BCUT2D eigenvalue weighted by atomic mass is 9.98. The highest BCUT2D eigenvalue weighted by Crippen LogP contribution is 2.28. The van der Waals surface area contributed by atoms with Crippen LogP contribution in [0.2, 0.25) is 0 Å². The number of hydrogen-bond acceptors (Lipinski definition) is 10. The van der Waals surface area contributed by atoms with E-state index in [-0.39, 0.29) is 6.61 Å². The van der Waals surface area contributed by atoms with Gasteiger partial charge in [-0.15, -0.1) is 0 Å². The van der Waals surface area contributed by atoms with Crippen LogP contribution in [0, 0.1) is 0 Å². The van der Waals surface area contributed by atoms with Crippen molar-refractivity contribution in [3.05, 3.63) is 0 Å². The molecule has 5 atom stereocenters. The molecule has 1 saturated heterocycles. The molecule has 0 unspecified atom stereocenters. The van der Waals surface area contributed by atoms with Crippen LogP contribution >= 0.6 is 0 Å². The van der Waals surface area contributed by atoms with Gasteiger partial charge in [0, 0.05) is 27.7 Å². The Labute approximate surface area is 137 Å². The van der Waals surface area contributed by atoms with Gasteiger partial charge in [-0.2, -0.15) is 0 Å². The third kappa shape index (κ3) is 5.78. The van der Waals surface area contributed by atoms with E-state index in [0.717, 1.165) is 27.7 Å². The Morgan fingerprint density at radius 3 is 1.71 bits per heavy atom. The highest BCUT2D eigenvalue weighted by molar-refractivity contribution is 5.68. The average Bonchev–Trinajstić information content (AvgIpc) is 2.42. The molecule has 0 saturated carbocycles. The molecule has 1 fully saturated rings. The van der Waals surface area contributed by atoms with Gasteiger partial charge in [-0.1, -0.05) is 0 Å². The predicted octanol–water partition coefficient (Wildman–Crippen LogP) is -0.938. The van der Waals surface area contributed by atoms with Gasteiger partial charge in [0.15, 0.2) is 24.6 Å². The van der Waals surface area contributed by atoms with Crippen molar-refractivity contribution in [2.45, 2.75) is 58.4 Å². The summed E-state index contributed by atoms with van der Waals surface area (Å²) in [7, 11) is 0. The lowest BCUT2D eigenvalue weighted by Crippen LogP contribution is -2.62. The Bertz CT molecular complexity index is 502. The van der Waals surface area contributed by atoms with E-state index in [4.69, 9.17) is 23.7 Å². The number of aliphatic hydroxyl groups excluding tert-OH is 1. The number of aliphatic hydroxyl groups is 1. The standard InChI is InChI=1S/C14H20O10/c1-6(15)20-5-10-11(21-7(2)16)12(22-8(3)17)13(14(19)24-10)23-9(4)18/h10-14,19H,5H2,1-4H3/t10-,11+,12+,13-,14+/m1/s1. The Morgan fingerprint density at radius 2 is 1.25 bits per heavy atom. The molecule has 0 spiro atoms. The second-order valence-electron chi connectivity index (χ2n) is 5.09. The second-order valence-corrected chi connectivity index (χ2v) is 5.09. The first-order valence-corrected chi connectivity index (χ1v) is 7.10. The van der Waals surface area contributed by atoms with Gasteiger partial charge in [0.25, 0.3) is 0 Å². The molecule has 136 valence electrons. The van der Waals surface area contributed by atoms with Gasteiger partial charge < -0.3 is 28.8 Å². The van der Waals surface area contributed by atoms with E-state index in [1.807, 2.05) is 0 Å². The number of carbonyl (C=O) groups is 4. The van der Waals surface area contributed by atoms with Gasteiger partial charge in [-0.05, 0) is 0 Å². The van der Waals surface area contributed by atoms with E-state index in [2.05, 4.69) is 0 Å². The van der Waals surface area contributed by atoms with Gasteiger partial charge in [-0.3, -0.25) is 19.2 Å². The number of carbonyl (C=O) groups excluding carboxylic acids is 4. The van der Waals surface area contributed by atoms with Crippen LogP contribution in [-0.2, 0) is 42.9 Å². The maximum Gasteiger partial charge on any atom is 0.303 e. The smallest absolute Gasteiger partial charge is 0.303 e. The van der Waals surface area contributed by atoms with Crippen LogP contribution in [0.25, 0.3) is 0 Å². The molecule has 0 aromatic rings. The largest absolute Gasteiger partial charge is 0.463 e. The lowest BCUT2D eigenvalue weighted by molar-refractivity contribution is -0.296. The SMILES string of the molecule is CC(=O)OC[C@H]1O[C@H](O)[C@H](OC(C)=O)[C@@H](OC(C)=O)[C@H]1OC(C)=O. The minimum absolute atomic E-state index is 0.366. The number of ether oxygens (including phenoxy) is 5. The molecule has 0 amide bonds. The van der Waals surface area contributed by atoms with E-state index >= 15 is 0 Å². The summed E-state index contributed by atoms with van der Waals surface area (Å²) < 4.78 is 25.0. The maximum absolute atomic E-state index is 11.3.